The molecule has 2 aromatic rings. The molecule has 118 valence electrons. The second kappa shape index (κ2) is 6.42. The molecule has 1 aromatic carbocycles. The highest BCUT2D eigenvalue weighted by molar-refractivity contribution is 8.18. The first kappa shape index (κ1) is 15.6. The van der Waals surface area contributed by atoms with Gasteiger partial charge in [-0.3, -0.25) is 9.69 Å². The minimum Gasteiger partial charge on any atom is -0.462 e. The van der Waals surface area contributed by atoms with Gasteiger partial charge in [0.15, 0.2) is 5.17 Å². The number of nitrogens with zero attached hydrogens (tertiary/aromatic N) is 2. The number of amides is 1. The molecule has 3 rings (SSSR count). The summed E-state index contributed by atoms with van der Waals surface area (Å²) in [6.07, 6.45) is 1.72. The third kappa shape index (κ3) is 3.37. The quantitative estimate of drug-likeness (QED) is 0.786. The van der Waals surface area contributed by atoms with Crippen molar-refractivity contribution >= 4 is 34.6 Å². The molecule has 4 nitrogen and oxygen atoms in total. The Kier molecular flexibility index (Phi) is 4.34. The molecule has 0 bridgehead atoms. The molecule has 1 aliphatic heterocycles. The molecule has 1 fully saturated rings. The van der Waals surface area contributed by atoms with Gasteiger partial charge in [-0.25, -0.2) is 9.38 Å². The third-order valence-corrected chi connectivity index (χ3v) is 4.30. The lowest BCUT2D eigenvalue weighted by Crippen LogP contribution is -2.28. The van der Waals surface area contributed by atoms with Crippen LogP contribution >= 0.6 is 11.8 Å². The van der Waals surface area contributed by atoms with Crippen molar-refractivity contribution in [3.05, 3.63) is 58.6 Å². The predicted octanol–water partition coefficient (Wildman–Crippen LogP) is 4.35. The van der Waals surface area contributed by atoms with E-state index in [0.717, 1.165) is 5.76 Å². The average Bonchev–Trinajstić information content (AvgIpc) is 3.06. The minimum atomic E-state index is -0.315. The lowest BCUT2D eigenvalue weighted by molar-refractivity contribution is -0.122. The second-order valence-electron chi connectivity index (χ2n) is 4.98. The summed E-state index contributed by atoms with van der Waals surface area (Å²) in [4.78, 5) is 19.1. The van der Waals surface area contributed by atoms with E-state index in [1.165, 1.54) is 23.9 Å². The van der Waals surface area contributed by atoms with Gasteiger partial charge in [-0.15, -0.1) is 0 Å². The highest BCUT2D eigenvalue weighted by Crippen LogP contribution is 2.34. The summed E-state index contributed by atoms with van der Waals surface area (Å²) in [6, 6.07) is 9.53. The SMILES string of the molecule is CCN1C(=O)/C(=C\c2ccc(C)o2)SC1=Nc1ccc(F)cc1. The van der Waals surface area contributed by atoms with Crippen molar-refractivity contribution in [1.29, 1.82) is 0 Å². The maximum atomic E-state index is 13.0. The Labute approximate surface area is 137 Å². The van der Waals surface area contributed by atoms with Gasteiger partial charge in [-0.1, -0.05) is 0 Å². The van der Waals surface area contributed by atoms with Crippen molar-refractivity contribution in [1.82, 2.24) is 4.90 Å². The first-order chi connectivity index (χ1) is 11.1. The van der Waals surface area contributed by atoms with Crippen LogP contribution in [0, 0.1) is 12.7 Å². The smallest absolute Gasteiger partial charge is 0.266 e. The number of hydrogen-bond donors (Lipinski definition) is 0. The van der Waals surface area contributed by atoms with Crippen LogP contribution in [0.3, 0.4) is 0 Å². The molecule has 0 unspecified atom stereocenters. The van der Waals surface area contributed by atoms with Gasteiger partial charge >= 0.3 is 0 Å². The average molecular weight is 330 g/mol. The summed E-state index contributed by atoms with van der Waals surface area (Å²) in [5.74, 6) is 1.01. The monoisotopic (exact) mass is 330 g/mol. The maximum Gasteiger partial charge on any atom is 0.266 e. The highest BCUT2D eigenvalue weighted by atomic mass is 32.2. The van der Waals surface area contributed by atoms with E-state index >= 15 is 0 Å². The van der Waals surface area contributed by atoms with Crippen LogP contribution in [0.25, 0.3) is 6.08 Å². The molecular weight excluding hydrogens is 315 g/mol. The van der Waals surface area contributed by atoms with Gasteiger partial charge in [0.05, 0.1) is 10.6 Å². The highest BCUT2D eigenvalue weighted by Gasteiger charge is 2.32. The number of hydrogen-bond acceptors (Lipinski definition) is 4. The van der Waals surface area contributed by atoms with Crippen LogP contribution in [-0.2, 0) is 4.79 Å². The summed E-state index contributed by atoms with van der Waals surface area (Å²) in [7, 11) is 0. The number of likely N-dealkylation sites (N-methyl/N-ethyl adjacent to an activating group) is 1. The van der Waals surface area contributed by atoms with Crippen molar-refractivity contribution < 1.29 is 13.6 Å². The lowest BCUT2D eigenvalue weighted by atomic mass is 10.3. The Morgan fingerprint density at radius 3 is 2.61 bits per heavy atom. The molecule has 0 atom stereocenters. The van der Waals surface area contributed by atoms with E-state index in [-0.39, 0.29) is 11.7 Å². The normalized spacial score (nSPS) is 18.4. The van der Waals surface area contributed by atoms with E-state index in [4.69, 9.17) is 4.42 Å². The molecule has 0 saturated carbocycles. The Morgan fingerprint density at radius 1 is 1.26 bits per heavy atom. The van der Waals surface area contributed by atoms with Gasteiger partial charge in [0.1, 0.15) is 17.3 Å². The van der Waals surface area contributed by atoms with Crippen molar-refractivity contribution in [3.8, 4) is 0 Å². The Bertz CT molecular complexity index is 793. The van der Waals surface area contributed by atoms with Crippen molar-refractivity contribution in [2.24, 2.45) is 4.99 Å². The molecule has 0 radical (unpaired) electrons. The number of halogens is 1. The Morgan fingerprint density at radius 2 is 2.00 bits per heavy atom. The van der Waals surface area contributed by atoms with Gasteiger partial charge in [0, 0.05) is 12.6 Å². The van der Waals surface area contributed by atoms with Crippen LogP contribution in [0.1, 0.15) is 18.4 Å². The molecule has 0 spiro atoms. The van der Waals surface area contributed by atoms with Crippen molar-refractivity contribution in [2.75, 3.05) is 6.54 Å². The summed E-state index contributed by atoms with van der Waals surface area (Å²) in [5, 5.41) is 0.582. The summed E-state index contributed by atoms with van der Waals surface area (Å²) in [5.41, 5.74) is 0.607. The molecule has 1 aromatic heterocycles. The van der Waals surface area contributed by atoms with E-state index in [1.54, 1.807) is 23.1 Å². The van der Waals surface area contributed by atoms with Crippen LogP contribution in [0.4, 0.5) is 10.1 Å². The number of amidine groups is 1. The second-order valence-corrected chi connectivity index (χ2v) is 5.99. The molecule has 2 heterocycles. The fraction of sp³-hybridized carbons (Fsp3) is 0.176. The molecule has 1 saturated heterocycles. The van der Waals surface area contributed by atoms with E-state index in [2.05, 4.69) is 4.99 Å². The molecule has 6 heteroatoms. The zero-order valence-electron chi connectivity index (χ0n) is 12.7. The first-order valence-corrected chi connectivity index (χ1v) is 8.00. The molecular formula is C17H15FN2O2S. The number of aliphatic imine (C=N–C) groups is 1. The van der Waals surface area contributed by atoms with E-state index in [0.29, 0.717) is 28.1 Å². The van der Waals surface area contributed by atoms with Crippen LogP contribution in [0.5, 0.6) is 0 Å². The number of carbonyl (C=O) groups excluding carboxylic acids is 1. The minimum absolute atomic E-state index is 0.104. The molecule has 23 heavy (non-hydrogen) atoms. The van der Waals surface area contributed by atoms with Gasteiger partial charge < -0.3 is 4.42 Å². The van der Waals surface area contributed by atoms with Gasteiger partial charge in [-0.2, -0.15) is 0 Å². The largest absolute Gasteiger partial charge is 0.462 e. The van der Waals surface area contributed by atoms with Crippen molar-refractivity contribution in [2.45, 2.75) is 13.8 Å². The fourth-order valence-corrected chi connectivity index (χ4v) is 3.20. The first-order valence-electron chi connectivity index (χ1n) is 7.19. The standard InChI is InChI=1S/C17H15FN2O2S/c1-3-20-16(21)15(10-14-9-4-11(2)22-14)23-17(20)19-13-7-5-12(18)6-8-13/h4-10H,3H2,1-2H3/b15-10+,19-17?. The van der Waals surface area contributed by atoms with Crippen LogP contribution < -0.4 is 0 Å². The number of furan rings is 1. The summed E-state index contributed by atoms with van der Waals surface area (Å²) < 4.78 is 18.5. The number of rotatable bonds is 3. The number of carbonyl (C=O) groups is 1. The Hall–Kier alpha value is -2.34. The van der Waals surface area contributed by atoms with E-state index in [1.807, 2.05) is 26.0 Å². The van der Waals surface area contributed by atoms with Crippen LogP contribution in [0.2, 0.25) is 0 Å². The third-order valence-electron chi connectivity index (χ3n) is 3.29. The van der Waals surface area contributed by atoms with Crippen LogP contribution in [-0.4, -0.2) is 22.5 Å². The number of thioether (sulfide) groups is 1. The predicted molar refractivity (Wildman–Crippen MR) is 89.9 cm³/mol. The molecule has 1 aliphatic rings. The molecule has 0 N–H and O–H groups in total. The number of aryl methyl sites for hydroxylation is 1. The fourth-order valence-electron chi connectivity index (χ4n) is 2.16. The summed E-state index contributed by atoms with van der Waals surface area (Å²) >= 11 is 1.29. The molecule has 0 aliphatic carbocycles. The van der Waals surface area contributed by atoms with E-state index in [9.17, 15) is 9.18 Å². The van der Waals surface area contributed by atoms with E-state index < -0.39 is 0 Å². The van der Waals surface area contributed by atoms with Gasteiger partial charge in [0.25, 0.3) is 5.91 Å². The van der Waals surface area contributed by atoms with Crippen LogP contribution in [0.15, 0.2) is 50.7 Å². The molecule has 1 amide bonds. The topological polar surface area (TPSA) is 45.8 Å². The summed E-state index contributed by atoms with van der Waals surface area (Å²) in [6.45, 7) is 4.25. The number of benzene rings is 1. The lowest BCUT2D eigenvalue weighted by Gasteiger charge is -2.11. The van der Waals surface area contributed by atoms with Gasteiger partial charge in [0.2, 0.25) is 0 Å². The Balaban J connectivity index is 1.91. The zero-order valence-corrected chi connectivity index (χ0v) is 13.6. The zero-order chi connectivity index (χ0) is 16.4. The van der Waals surface area contributed by atoms with Gasteiger partial charge in [-0.05, 0) is 62.0 Å². The maximum absolute atomic E-state index is 13.0. The van der Waals surface area contributed by atoms with Crippen molar-refractivity contribution in [3.63, 3.8) is 0 Å².